The van der Waals surface area contributed by atoms with Crippen molar-refractivity contribution in [3.8, 4) is 11.5 Å². The number of fused-ring (bicyclic) bond motifs is 3. The zero-order valence-corrected chi connectivity index (χ0v) is 18.7. The number of piperidine rings is 1. The van der Waals surface area contributed by atoms with E-state index in [1.54, 1.807) is 0 Å². The van der Waals surface area contributed by atoms with Crippen LogP contribution in [-0.4, -0.2) is 28.7 Å². The second kappa shape index (κ2) is 7.58. The largest absolute Gasteiger partial charge is 0.507 e. The lowest BCUT2D eigenvalue weighted by atomic mass is 9.73. The lowest BCUT2D eigenvalue weighted by molar-refractivity contribution is 0.0769. The van der Waals surface area contributed by atoms with Crippen LogP contribution in [0, 0.1) is 11.7 Å². The molecule has 2 aromatic rings. The maximum absolute atomic E-state index is 13.1. The highest BCUT2D eigenvalue weighted by molar-refractivity contribution is 5.82. The summed E-state index contributed by atoms with van der Waals surface area (Å²) in [5.74, 6) is 1.83. The Hall–Kier alpha value is -2.49. The molecule has 4 aliphatic rings. The topological polar surface area (TPSA) is 32.7 Å². The van der Waals surface area contributed by atoms with Gasteiger partial charge in [0.1, 0.15) is 22.9 Å². The Morgan fingerprint density at radius 3 is 2.58 bits per heavy atom. The van der Waals surface area contributed by atoms with Gasteiger partial charge in [0.05, 0.1) is 11.3 Å². The second-order valence-corrected chi connectivity index (χ2v) is 9.97. The molecule has 31 heavy (non-hydrogen) atoms. The monoisotopic (exact) mass is 421 g/mol. The first-order valence-electron chi connectivity index (χ1n) is 11.6. The number of rotatable bonds is 5. The summed E-state index contributed by atoms with van der Waals surface area (Å²) < 4.78 is 19.6. The van der Waals surface area contributed by atoms with Crippen molar-refractivity contribution < 1.29 is 14.2 Å². The van der Waals surface area contributed by atoms with Gasteiger partial charge in [0.2, 0.25) is 0 Å². The van der Waals surface area contributed by atoms with Crippen LogP contribution in [0.1, 0.15) is 69.1 Å². The lowest BCUT2D eigenvalue weighted by Gasteiger charge is -2.51. The number of hydrogen-bond donors (Lipinski definition) is 1. The van der Waals surface area contributed by atoms with Crippen LogP contribution in [0.2, 0.25) is 0 Å². The summed E-state index contributed by atoms with van der Waals surface area (Å²) in [4.78, 5) is 2.46. The van der Waals surface area contributed by atoms with E-state index in [4.69, 9.17) is 4.74 Å². The molecule has 4 aliphatic heterocycles. The fourth-order valence-electron chi connectivity index (χ4n) is 5.79. The van der Waals surface area contributed by atoms with Gasteiger partial charge in [-0.15, -0.1) is 0 Å². The summed E-state index contributed by atoms with van der Waals surface area (Å²) in [5, 5.41) is 11.1. The molecule has 164 valence electrons. The number of halogens is 1. The van der Waals surface area contributed by atoms with Crippen LogP contribution in [0.3, 0.4) is 0 Å². The third kappa shape index (κ3) is 3.60. The van der Waals surface area contributed by atoms with Crippen LogP contribution in [-0.2, 0) is 6.42 Å². The van der Waals surface area contributed by atoms with Crippen molar-refractivity contribution in [1.82, 2.24) is 4.90 Å². The first-order valence-corrected chi connectivity index (χ1v) is 11.6. The number of hydrogen-bond acceptors (Lipinski definition) is 3. The van der Waals surface area contributed by atoms with E-state index in [1.165, 1.54) is 23.4 Å². The summed E-state index contributed by atoms with van der Waals surface area (Å²) in [6, 6.07) is 10.9. The van der Waals surface area contributed by atoms with Crippen molar-refractivity contribution in [3.63, 3.8) is 0 Å². The fourth-order valence-corrected chi connectivity index (χ4v) is 5.79. The van der Waals surface area contributed by atoms with Crippen molar-refractivity contribution in [2.75, 3.05) is 13.1 Å². The molecule has 2 aromatic carbocycles. The number of phenolic OH excluding ortho intramolecular Hbond substituents is 1. The summed E-state index contributed by atoms with van der Waals surface area (Å²) in [5.41, 5.74) is 5.42. The van der Waals surface area contributed by atoms with Crippen molar-refractivity contribution in [2.24, 2.45) is 5.92 Å². The first-order chi connectivity index (χ1) is 14.8. The zero-order chi connectivity index (χ0) is 21.8. The Kier molecular flexibility index (Phi) is 4.99. The molecule has 0 amide bonds. The van der Waals surface area contributed by atoms with Gasteiger partial charge in [-0.2, -0.15) is 0 Å². The normalized spacial score (nSPS) is 20.3. The maximum Gasteiger partial charge on any atom is 0.143 e. The van der Waals surface area contributed by atoms with Gasteiger partial charge in [-0.05, 0) is 98.8 Å². The summed E-state index contributed by atoms with van der Waals surface area (Å²) in [7, 11) is 0. The van der Waals surface area contributed by atoms with Gasteiger partial charge in [-0.25, -0.2) is 4.39 Å². The van der Waals surface area contributed by atoms with Crippen LogP contribution >= 0.6 is 0 Å². The minimum atomic E-state index is -0.377. The van der Waals surface area contributed by atoms with Gasteiger partial charge < -0.3 is 14.7 Å². The Morgan fingerprint density at radius 2 is 1.87 bits per heavy atom. The molecule has 1 atom stereocenters. The minimum absolute atomic E-state index is 0.189. The summed E-state index contributed by atoms with van der Waals surface area (Å²) >= 11 is 0. The summed E-state index contributed by atoms with van der Waals surface area (Å²) in [6.07, 6.45) is 5.27. The van der Waals surface area contributed by atoms with Crippen LogP contribution in [0.4, 0.5) is 4.39 Å². The highest BCUT2D eigenvalue weighted by atomic mass is 19.1. The van der Waals surface area contributed by atoms with Crippen molar-refractivity contribution in [2.45, 2.75) is 64.4 Å². The van der Waals surface area contributed by atoms with E-state index in [9.17, 15) is 9.50 Å². The molecule has 1 unspecified atom stereocenters. The molecule has 0 spiro atoms. The molecule has 3 nitrogen and oxygen atoms in total. The highest BCUT2D eigenvalue weighted by Crippen LogP contribution is 2.54. The number of ether oxygens (including phenoxy) is 1. The zero-order valence-electron chi connectivity index (χ0n) is 18.7. The Bertz CT molecular complexity index is 1020. The highest BCUT2D eigenvalue weighted by Gasteiger charge is 2.46. The van der Waals surface area contributed by atoms with E-state index >= 15 is 0 Å². The van der Waals surface area contributed by atoms with E-state index in [0.717, 1.165) is 67.6 Å². The molecule has 0 aromatic heterocycles. The number of aryl methyl sites for hydroxylation is 1. The first kappa shape index (κ1) is 20.4. The van der Waals surface area contributed by atoms with E-state index in [0.29, 0.717) is 17.6 Å². The van der Waals surface area contributed by atoms with Crippen molar-refractivity contribution >= 4 is 5.57 Å². The van der Waals surface area contributed by atoms with Gasteiger partial charge >= 0.3 is 0 Å². The molecule has 0 aliphatic carbocycles. The van der Waals surface area contributed by atoms with Gasteiger partial charge in [0, 0.05) is 13.1 Å². The fraction of sp³-hybridized carbons (Fsp3) is 0.481. The molecular formula is C27H32FNO2. The van der Waals surface area contributed by atoms with Crippen LogP contribution < -0.4 is 4.74 Å². The van der Waals surface area contributed by atoms with E-state index in [2.05, 4.69) is 31.7 Å². The molecule has 6 rings (SSSR count). The molecular weight excluding hydrogens is 389 g/mol. The molecule has 0 radical (unpaired) electrons. The van der Waals surface area contributed by atoms with Crippen LogP contribution in [0.5, 0.6) is 11.5 Å². The molecule has 1 fully saturated rings. The number of allylic oxidation sites excluding steroid dienone is 1. The standard InChI is InChI=1S/C27H32FNO2/c1-17(5-4-6-18-7-9-21(28)10-8-18)20-15-22(30)25-23(16-20)31-27(2,3)26-24(25)19-11-13-29(26)14-12-19/h7-10,15-17,19,30H,4-6,11-14H2,1-3H3. The maximum atomic E-state index is 13.1. The minimum Gasteiger partial charge on any atom is -0.507 e. The Balaban J connectivity index is 1.38. The second-order valence-electron chi connectivity index (χ2n) is 9.97. The van der Waals surface area contributed by atoms with Crippen LogP contribution in [0.25, 0.3) is 5.57 Å². The van der Waals surface area contributed by atoms with Crippen molar-refractivity contribution in [1.29, 1.82) is 0 Å². The predicted octanol–water partition coefficient (Wildman–Crippen LogP) is 6.27. The molecule has 4 heteroatoms. The molecule has 1 N–H and O–H groups in total. The average Bonchev–Trinajstić information content (AvgIpc) is 2.74. The molecule has 1 saturated heterocycles. The molecule has 4 heterocycles. The van der Waals surface area contributed by atoms with Crippen LogP contribution in [0.15, 0.2) is 42.1 Å². The van der Waals surface area contributed by atoms with Gasteiger partial charge in [-0.3, -0.25) is 0 Å². The third-order valence-corrected chi connectivity index (χ3v) is 7.37. The van der Waals surface area contributed by atoms with Crippen molar-refractivity contribution in [3.05, 3.63) is 64.6 Å². The van der Waals surface area contributed by atoms with E-state index in [-0.39, 0.29) is 11.4 Å². The molecule has 0 saturated carbocycles. The van der Waals surface area contributed by atoms with Gasteiger partial charge in [-0.1, -0.05) is 19.1 Å². The van der Waals surface area contributed by atoms with E-state index < -0.39 is 0 Å². The predicted molar refractivity (Wildman–Crippen MR) is 122 cm³/mol. The lowest BCUT2D eigenvalue weighted by Crippen LogP contribution is -2.50. The Morgan fingerprint density at radius 1 is 1.16 bits per heavy atom. The number of benzene rings is 2. The molecule has 2 bridgehead atoms. The number of aromatic hydroxyl groups is 1. The number of nitrogens with zero attached hydrogens (tertiary/aromatic N) is 1. The van der Waals surface area contributed by atoms with Gasteiger partial charge in [0.15, 0.2) is 0 Å². The SMILES string of the molecule is CC(CCCc1ccc(F)cc1)c1cc(O)c2c(c1)OC(C)(C)C1=C2C2CCN1CC2. The van der Waals surface area contributed by atoms with Gasteiger partial charge in [0.25, 0.3) is 0 Å². The Labute approximate surface area is 184 Å². The smallest absolute Gasteiger partial charge is 0.143 e. The quantitative estimate of drug-likeness (QED) is 0.618. The average molecular weight is 422 g/mol. The summed E-state index contributed by atoms with van der Waals surface area (Å²) in [6.45, 7) is 8.70. The van der Waals surface area contributed by atoms with E-state index in [1.807, 2.05) is 18.2 Å². The number of phenols is 1. The third-order valence-electron chi connectivity index (χ3n) is 7.37.